The Morgan fingerprint density at radius 2 is 1.94 bits per heavy atom. The van der Waals surface area contributed by atoms with E-state index in [1.165, 1.54) is 6.33 Å². The second-order valence-electron chi connectivity index (χ2n) is 6.85. The number of nitrogens with zero attached hydrogens (tertiary/aromatic N) is 4. The van der Waals surface area contributed by atoms with Crippen molar-refractivity contribution in [3.8, 4) is 5.75 Å². The summed E-state index contributed by atoms with van der Waals surface area (Å²) in [5, 5.41) is 10.5. The lowest BCUT2D eigenvalue weighted by Gasteiger charge is -2.19. The van der Waals surface area contributed by atoms with Crippen LogP contribution in [0.2, 0.25) is 0 Å². The Balaban J connectivity index is 1.49. The van der Waals surface area contributed by atoms with Gasteiger partial charge in [-0.2, -0.15) is 5.10 Å². The predicted molar refractivity (Wildman–Crippen MR) is 118 cm³/mol. The minimum Gasteiger partial charge on any atom is -0.497 e. The van der Waals surface area contributed by atoms with Gasteiger partial charge in [0.2, 0.25) is 0 Å². The summed E-state index contributed by atoms with van der Waals surface area (Å²) in [6, 6.07) is 14.8. The summed E-state index contributed by atoms with van der Waals surface area (Å²) < 4.78 is 7.15. The third kappa shape index (κ3) is 4.95. The number of imidazole rings is 1. The maximum absolute atomic E-state index is 13.0. The van der Waals surface area contributed by atoms with E-state index in [9.17, 15) is 4.79 Å². The number of benzene rings is 2. The fraction of sp³-hybridized carbons (Fsp3) is 0.182. The van der Waals surface area contributed by atoms with Gasteiger partial charge in [-0.1, -0.05) is 36.0 Å². The summed E-state index contributed by atoms with van der Waals surface area (Å²) >= 11 is 1.55. The van der Waals surface area contributed by atoms with Crippen LogP contribution in [0.15, 0.2) is 72.4 Å². The predicted octanol–water partition coefficient (Wildman–Crippen LogP) is 3.36. The number of rotatable bonds is 8. The van der Waals surface area contributed by atoms with Crippen molar-refractivity contribution in [2.45, 2.75) is 17.0 Å². The van der Waals surface area contributed by atoms with Gasteiger partial charge < -0.3 is 14.6 Å². The van der Waals surface area contributed by atoms with E-state index in [1.54, 1.807) is 25.1 Å². The first-order valence-corrected chi connectivity index (χ1v) is 10.6. The van der Waals surface area contributed by atoms with E-state index in [0.29, 0.717) is 5.56 Å². The van der Waals surface area contributed by atoms with Crippen LogP contribution >= 0.6 is 11.8 Å². The standard InChI is InChI=1S/C22H22N6O2S/c1-28-12-11-23-20(28)19(16-7-9-18(30-2)10-8-16)26-21(29)17-5-3-15(4-6-17)13-31-22-24-14-25-27-22/h3-12,14,19H,13H2,1-2H3,(H,26,29)(H,24,25,27). The Labute approximate surface area is 184 Å². The second-order valence-corrected chi connectivity index (χ2v) is 7.82. The van der Waals surface area contributed by atoms with Crippen molar-refractivity contribution in [2.24, 2.45) is 7.05 Å². The largest absolute Gasteiger partial charge is 0.497 e. The molecule has 0 spiro atoms. The molecule has 158 valence electrons. The van der Waals surface area contributed by atoms with E-state index in [-0.39, 0.29) is 11.9 Å². The summed E-state index contributed by atoms with van der Waals surface area (Å²) in [5.41, 5.74) is 2.60. The molecule has 0 saturated carbocycles. The number of methoxy groups -OCH3 is 1. The molecule has 2 N–H and O–H groups in total. The van der Waals surface area contributed by atoms with Crippen molar-refractivity contribution >= 4 is 17.7 Å². The zero-order valence-corrected chi connectivity index (χ0v) is 18.0. The van der Waals surface area contributed by atoms with Gasteiger partial charge in [-0.15, -0.1) is 0 Å². The number of carbonyl (C=O) groups excluding carboxylic acids is 1. The normalized spacial score (nSPS) is 11.8. The van der Waals surface area contributed by atoms with Gasteiger partial charge in [0.05, 0.1) is 7.11 Å². The van der Waals surface area contributed by atoms with Crippen LogP contribution in [0.1, 0.15) is 33.4 Å². The Kier molecular flexibility index (Phi) is 6.32. The molecule has 4 aromatic rings. The van der Waals surface area contributed by atoms with Crippen molar-refractivity contribution < 1.29 is 9.53 Å². The number of aromatic amines is 1. The molecule has 4 rings (SSSR count). The number of thioether (sulfide) groups is 1. The monoisotopic (exact) mass is 434 g/mol. The van der Waals surface area contributed by atoms with Crippen LogP contribution in [0.3, 0.4) is 0 Å². The van der Waals surface area contributed by atoms with Crippen molar-refractivity contribution in [2.75, 3.05) is 7.11 Å². The molecule has 1 unspecified atom stereocenters. The molecule has 31 heavy (non-hydrogen) atoms. The number of aryl methyl sites for hydroxylation is 1. The van der Waals surface area contributed by atoms with E-state index in [4.69, 9.17) is 4.74 Å². The first-order valence-electron chi connectivity index (χ1n) is 9.63. The van der Waals surface area contributed by atoms with Crippen LogP contribution in [0.5, 0.6) is 5.75 Å². The average Bonchev–Trinajstić information content (AvgIpc) is 3.48. The Morgan fingerprint density at radius 1 is 1.16 bits per heavy atom. The highest BCUT2D eigenvalue weighted by Crippen LogP contribution is 2.24. The summed E-state index contributed by atoms with van der Waals surface area (Å²) in [5.74, 6) is 2.07. The summed E-state index contributed by atoms with van der Waals surface area (Å²) in [6.45, 7) is 0. The molecule has 8 nitrogen and oxygen atoms in total. The van der Waals surface area contributed by atoms with Crippen LogP contribution in [0, 0.1) is 0 Å². The van der Waals surface area contributed by atoms with Gasteiger partial charge in [-0.05, 0) is 35.4 Å². The van der Waals surface area contributed by atoms with Crippen molar-refractivity contribution in [1.82, 2.24) is 30.0 Å². The van der Waals surface area contributed by atoms with Gasteiger partial charge in [0.25, 0.3) is 5.91 Å². The van der Waals surface area contributed by atoms with Crippen molar-refractivity contribution in [3.05, 3.63) is 89.8 Å². The third-order valence-electron chi connectivity index (χ3n) is 4.83. The smallest absolute Gasteiger partial charge is 0.252 e. The molecule has 1 atom stereocenters. The lowest BCUT2D eigenvalue weighted by Crippen LogP contribution is -2.31. The van der Waals surface area contributed by atoms with E-state index in [0.717, 1.165) is 33.6 Å². The summed E-state index contributed by atoms with van der Waals surface area (Å²) in [4.78, 5) is 21.6. The molecule has 9 heteroatoms. The fourth-order valence-electron chi connectivity index (χ4n) is 3.13. The van der Waals surface area contributed by atoms with Crippen molar-refractivity contribution in [1.29, 1.82) is 0 Å². The van der Waals surface area contributed by atoms with Crippen LogP contribution in [-0.2, 0) is 12.8 Å². The molecule has 0 radical (unpaired) electrons. The van der Waals surface area contributed by atoms with Crippen molar-refractivity contribution in [3.63, 3.8) is 0 Å². The molecular weight excluding hydrogens is 412 g/mol. The van der Waals surface area contributed by atoms with Gasteiger partial charge in [-0.25, -0.2) is 9.97 Å². The lowest BCUT2D eigenvalue weighted by atomic mass is 10.0. The molecular formula is C22H22N6O2S. The number of H-pyrrole nitrogens is 1. The Bertz CT molecular complexity index is 1120. The van der Waals surface area contributed by atoms with Gasteiger partial charge in [0, 0.05) is 30.8 Å². The molecule has 2 heterocycles. The minimum absolute atomic E-state index is 0.168. The third-order valence-corrected chi connectivity index (χ3v) is 5.77. The number of hydrogen-bond donors (Lipinski definition) is 2. The minimum atomic E-state index is -0.389. The number of nitrogens with one attached hydrogen (secondary N) is 2. The summed E-state index contributed by atoms with van der Waals surface area (Å²) in [7, 11) is 3.53. The molecule has 0 aliphatic carbocycles. The van der Waals surface area contributed by atoms with E-state index >= 15 is 0 Å². The quantitative estimate of drug-likeness (QED) is 0.413. The Hall–Kier alpha value is -3.59. The fourth-order valence-corrected chi connectivity index (χ4v) is 3.87. The molecule has 0 fully saturated rings. The molecule has 0 saturated heterocycles. The summed E-state index contributed by atoms with van der Waals surface area (Å²) in [6.07, 6.45) is 5.06. The molecule has 1 amide bonds. The Morgan fingerprint density at radius 3 is 2.55 bits per heavy atom. The van der Waals surface area contributed by atoms with Crippen LogP contribution < -0.4 is 10.1 Å². The van der Waals surface area contributed by atoms with Gasteiger partial charge in [-0.3, -0.25) is 9.89 Å². The maximum Gasteiger partial charge on any atom is 0.252 e. The number of ether oxygens (including phenoxy) is 1. The average molecular weight is 435 g/mol. The second kappa shape index (κ2) is 9.48. The molecule has 2 aromatic carbocycles. The molecule has 0 aliphatic rings. The lowest BCUT2D eigenvalue weighted by molar-refractivity contribution is 0.0941. The molecule has 2 aromatic heterocycles. The van der Waals surface area contributed by atoms with E-state index in [1.807, 2.05) is 66.3 Å². The zero-order chi connectivity index (χ0) is 21.6. The first kappa shape index (κ1) is 20.7. The highest BCUT2D eigenvalue weighted by molar-refractivity contribution is 7.98. The van der Waals surface area contributed by atoms with E-state index < -0.39 is 0 Å². The molecule has 0 aliphatic heterocycles. The highest BCUT2D eigenvalue weighted by Gasteiger charge is 2.21. The SMILES string of the molecule is COc1ccc(C(NC(=O)c2ccc(CSc3ncn[nH]3)cc2)c2nccn2C)cc1. The first-order chi connectivity index (χ1) is 15.1. The van der Waals surface area contributed by atoms with Gasteiger partial charge >= 0.3 is 0 Å². The molecule has 0 bridgehead atoms. The van der Waals surface area contributed by atoms with Crippen LogP contribution in [0.4, 0.5) is 0 Å². The zero-order valence-electron chi connectivity index (χ0n) is 17.1. The number of hydrogen-bond acceptors (Lipinski definition) is 6. The maximum atomic E-state index is 13.0. The van der Waals surface area contributed by atoms with Gasteiger partial charge in [0.1, 0.15) is 23.9 Å². The topological polar surface area (TPSA) is 97.7 Å². The van der Waals surface area contributed by atoms with Gasteiger partial charge in [0.15, 0.2) is 5.16 Å². The number of carbonyl (C=O) groups is 1. The van der Waals surface area contributed by atoms with Crippen LogP contribution in [-0.4, -0.2) is 37.7 Å². The van der Waals surface area contributed by atoms with E-state index in [2.05, 4.69) is 25.5 Å². The number of amides is 1. The highest BCUT2D eigenvalue weighted by atomic mass is 32.2. The number of aromatic nitrogens is 5. The van der Waals surface area contributed by atoms with Crippen LogP contribution in [0.25, 0.3) is 0 Å².